The van der Waals surface area contributed by atoms with E-state index in [4.69, 9.17) is 0 Å². The zero-order valence-electron chi connectivity index (χ0n) is 12.7. The lowest BCUT2D eigenvalue weighted by atomic mass is 10.00. The molecular weight excluding hydrogens is 286 g/mol. The van der Waals surface area contributed by atoms with Crippen molar-refractivity contribution in [1.82, 2.24) is 4.98 Å². The highest BCUT2D eigenvalue weighted by atomic mass is 32.1. The number of aromatic nitrogens is 1. The number of thiophene rings is 1. The van der Waals surface area contributed by atoms with E-state index in [1.165, 1.54) is 31.3 Å². The largest absolute Gasteiger partial charge is 0.256 e. The van der Waals surface area contributed by atoms with Gasteiger partial charge in [0.25, 0.3) is 0 Å². The van der Waals surface area contributed by atoms with Gasteiger partial charge in [-0.2, -0.15) is 0 Å². The van der Waals surface area contributed by atoms with Gasteiger partial charge in [-0.3, -0.25) is 4.98 Å². The molecule has 0 unspecified atom stereocenters. The monoisotopic (exact) mass is 303 g/mol. The molecule has 0 fully saturated rings. The third kappa shape index (κ3) is 2.03. The Morgan fingerprint density at radius 3 is 2.32 bits per heavy atom. The van der Waals surface area contributed by atoms with Gasteiger partial charge in [-0.15, -0.1) is 11.3 Å². The molecule has 0 aliphatic heterocycles. The molecule has 2 heteroatoms. The molecule has 2 aromatic heterocycles. The van der Waals surface area contributed by atoms with Gasteiger partial charge in [-0.05, 0) is 23.6 Å². The van der Waals surface area contributed by atoms with E-state index in [0.717, 1.165) is 5.69 Å². The summed E-state index contributed by atoms with van der Waals surface area (Å²) < 4.78 is 2.75. The van der Waals surface area contributed by atoms with Gasteiger partial charge in [0.2, 0.25) is 0 Å². The van der Waals surface area contributed by atoms with Crippen molar-refractivity contribution in [3.8, 4) is 11.3 Å². The van der Waals surface area contributed by atoms with Crippen LogP contribution >= 0.6 is 11.3 Å². The molecule has 0 bridgehead atoms. The summed E-state index contributed by atoms with van der Waals surface area (Å²) in [5, 5.41) is 2.70. The van der Waals surface area contributed by atoms with Crippen molar-refractivity contribution < 1.29 is 0 Å². The average molecular weight is 303 g/mol. The number of hydrogen-bond donors (Lipinski definition) is 0. The zero-order valence-corrected chi connectivity index (χ0v) is 13.5. The fourth-order valence-electron chi connectivity index (χ4n) is 3.02. The number of pyridine rings is 1. The maximum atomic E-state index is 4.53. The molecular formula is C20H17NS. The summed E-state index contributed by atoms with van der Waals surface area (Å²) in [6, 6.07) is 19.3. The van der Waals surface area contributed by atoms with E-state index in [0.29, 0.717) is 5.92 Å². The maximum absolute atomic E-state index is 4.53. The van der Waals surface area contributed by atoms with Crippen molar-refractivity contribution in [1.29, 1.82) is 0 Å². The number of nitrogens with zero attached hydrogens (tertiary/aromatic N) is 1. The normalized spacial score (nSPS) is 11.6. The van der Waals surface area contributed by atoms with Gasteiger partial charge in [0.1, 0.15) is 0 Å². The number of rotatable bonds is 2. The van der Waals surface area contributed by atoms with Gasteiger partial charge in [0.15, 0.2) is 0 Å². The molecule has 0 N–H and O–H groups in total. The lowest BCUT2D eigenvalue weighted by Crippen LogP contribution is -1.85. The van der Waals surface area contributed by atoms with Crippen LogP contribution in [0.3, 0.4) is 0 Å². The summed E-state index contributed by atoms with van der Waals surface area (Å²) in [7, 11) is 0. The van der Waals surface area contributed by atoms with Crippen LogP contribution in [0.5, 0.6) is 0 Å². The van der Waals surface area contributed by atoms with Gasteiger partial charge in [-0.1, -0.05) is 56.3 Å². The van der Waals surface area contributed by atoms with Gasteiger partial charge < -0.3 is 0 Å². The van der Waals surface area contributed by atoms with E-state index in [-0.39, 0.29) is 0 Å². The van der Waals surface area contributed by atoms with Crippen LogP contribution in [0.4, 0.5) is 0 Å². The van der Waals surface area contributed by atoms with Crippen molar-refractivity contribution in [2.24, 2.45) is 0 Å². The van der Waals surface area contributed by atoms with E-state index >= 15 is 0 Å². The number of benzene rings is 2. The van der Waals surface area contributed by atoms with Crippen LogP contribution in [0.1, 0.15) is 25.3 Å². The zero-order chi connectivity index (χ0) is 15.1. The summed E-state index contributed by atoms with van der Waals surface area (Å²) in [5.74, 6) is 0.537. The second kappa shape index (κ2) is 5.22. The SMILES string of the molecule is CC(C)c1cccc2c1sc1c(-c3ccccn3)cccc12. The molecule has 0 amide bonds. The van der Waals surface area contributed by atoms with Crippen LogP contribution in [0, 0.1) is 0 Å². The van der Waals surface area contributed by atoms with E-state index in [1.54, 1.807) is 0 Å². The maximum Gasteiger partial charge on any atom is 0.0716 e. The van der Waals surface area contributed by atoms with Crippen LogP contribution in [0.15, 0.2) is 60.8 Å². The third-order valence-corrected chi connectivity index (χ3v) is 5.42. The number of hydrogen-bond acceptors (Lipinski definition) is 2. The summed E-state index contributed by atoms with van der Waals surface area (Å²) in [6.07, 6.45) is 1.86. The summed E-state index contributed by atoms with van der Waals surface area (Å²) in [4.78, 5) is 4.53. The Morgan fingerprint density at radius 2 is 1.59 bits per heavy atom. The van der Waals surface area contributed by atoms with Gasteiger partial charge >= 0.3 is 0 Å². The molecule has 0 radical (unpaired) electrons. The first kappa shape index (κ1) is 13.5. The van der Waals surface area contributed by atoms with E-state index in [2.05, 4.69) is 61.3 Å². The Labute approximate surface area is 134 Å². The van der Waals surface area contributed by atoms with Crippen LogP contribution in [0.2, 0.25) is 0 Å². The third-order valence-electron chi connectivity index (χ3n) is 4.12. The molecule has 2 aromatic carbocycles. The quantitative estimate of drug-likeness (QED) is 0.427. The lowest BCUT2D eigenvalue weighted by molar-refractivity contribution is 0.878. The van der Waals surface area contributed by atoms with Crippen LogP contribution in [-0.2, 0) is 0 Å². The molecule has 2 heterocycles. The molecule has 4 aromatic rings. The molecule has 108 valence electrons. The minimum Gasteiger partial charge on any atom is -0.256 e. The first-order valence-corrected chi connectivity index (χ1v) is 8.43. The smallest absolute Gasteiger partial charge is 0.0716 e. The number of fused-ring (bicyclic) bond motifs is 3. The molecule has 22 heavy (non-hydrogen) atoms. The lowest BCUT2D eigenvalue weighted by Gasteiger charge is -2.05. The van der Waals surface area contributed by atoms with E-state index < -0.39 is 0 Å². The molecule has 4 rings (SSSR count). The van der Waals surface area contributed by atoms with Crippen LogP contribution in [-0.4, -0.2) is 4.98 Å². The first-order valence-electron chi connectivity index (χ1n) is 7.61. The standard InChI is InChI=1S/C20H17NS/c1-13(2)14-7-5-8-15-16-9-6-10-17(20(16)22-19(14)15)18-11-3-4-12-21-18/h3-13H,1-2H3. The van der Waals surface area contributed by atoms with Crippen molar-refractivity contribution in [2.75, 3.05) is 0 Å². The average Bonchev–Trinajstić information content (AvgIpc) is 2.94. The van der Waals surface area contributed by atoms with Crippen molar-refractivity contribution >= 4 is 31.5 Å². The summed E-state index contributed by atoms with van der Waals surface area (Å²) >= 11 is 1.90. The van der Waals surface area contributed by atoms with Gasteiger partial charge in [0.05, 0.1) is 5.69 Å². The Balaban J connectivity index is 2.10. The predicted molar refractivity (Wildman–Crippen MR) is 96.7 cm³/mol. The van der Waals surface area contributed by atoms with Gasteiger partial charge in [0, 0.05) is 31.9 Å². The van der Waals surface area contributed by atoms with Crippen LogP contribution in [0.25, 0.3) is 31.4 Å². The summed E-state index contributed by atoms with van der Waals surface area (Å²) in [6.45, 7) is 4.53. The van der Waals surface area contributed by atoms with E-state index in [1.807, 2.05) is 29.7 Å². The molecule has 0 saturated carbocycles. The molecule has 0 atom stereocenters. The fraction of sp³-hybridized carbons (Fsp3) is 0.150. The predicted octanol–water partition coefficient (Wildman–Crippen LogP) is 6.24. The molecule has 1 nitrogen and oxygen atoms in total. The molecule has 0 saturated heterocycles. The second-order valence-electron chi connectivity index (χ2n) is 5.88. The molecule has 0 aliphatic rings. The first-order chi connectivity index (χ1) is 10.8. The fourth-order valence-corrected chi connectivity index (χ4v) is 4.50. The Morgan fingerprint density at radius 1 is 0.818 bits per heavy atom. The minimum absolute atomic E-state index is 0.537. The highest BCUT2D eigenvalue weighted by Gasteiger charge is 2.14. The van der Waals surface area contributed by atoms with Gasteiger partial charge in [-0.25, -0.2) is 0 Å². The Bertz CT molecular complexity index is 951. The minimum atomic E-state index is 0.537. The van der Waals surface area contributed by atoms with Crippen molar-refractivity contribution in [3.05, 3.63) is 66.4 Å². The topological polar surface area (TPSA) is 12.9 Å². The second-order valence-corrected chi connectivity index (χ2v) is 6.90. The highest BCUT2D eigenvalue weighted by Crippen LogP contribution is 2.42. The molecule has 0 spiro atoms. The van der Waals surface area contributed by atoms with Crippen molar-refractivity contribution in [3.63, 3.8) is 0 Å². The Hall–Kier alpha value is -2.19. The van der Waals surface area contributed by atoms with Crippen molar-refractivity contribution in [2.45, 2.75) is 19.8 Å². The van der Waals surface area contributed by atoms with Crippen LogP contribution < -0.4 is 0 Å². The molecule has 0 aliphatic carbocycles. The van der Waals surface area contributed by atoms with E-state index in [9.17, 15) is 0 Å². The highest BCUT2D eigenvalue weighted by molar-refractivity contribution is 7.26. The summed E-state index contributed by atoms with van der Waals surface area (Å²) in [5.41, 5.74) is 3.71. The Kier molecular flexibility index (Phi) is 3.20.